The Balaban J connectivity index is 1.84. The molecule has 1 aliphatic rings. The summed E-state index contributed by atoms with van der Waals surface area (Å²) in [6.45, 7) is 4.18. The van der Waals surface area contributed by atoms with Crippen LogP contribution in [0.15, 0.2) is 24.3 Å². The molecule has 1 aromatic rings. The summed E-state index contributed by atoms with van der Waals surface area (Å²) in [5.74, 6) is 0.200. The van der Waals surface area contributed by atoms with Gasteiger partial charge in [-0.1, -0.05) is 6.07 Å². The third-order valence-electron chi connectivity index (χ3n) is 3.19. The maximum atomic E-state index is 11.6. The number of nitrogens with zero attached hydrogens (tertiary/aromatic N) is 1. The fourth-order valence-corrected chi connectivity index (χ4v) is 2.27. The summed E-state index contributed by atoms with van der Waals surface area (Å²) in [6.07, 6.45) is 0.910. The van der Waals surface area contributed by atoms with Crippen LogP contribution < -0.4 is 10.2 Å². The summed E-state index contributed by atoms with van der Waals surface area (Å²) < 4.78 is 5.07. The first-order chi connectivity index (χ1) is 9.19. The lowest BCUT2D eigenvalue weighted by Crippen LogP contribution is -2.39. The molecule has 0 aromatic heterocycles. The van der Waals surface area contributed by atoms with Gasteiger partial charge in [0.1, 0.15) is 12.4 Å². The number of carbonyl (C=O) groups is 1. The molecule has 1 heterocycles. The van der Waals surface area contributed by atoms with Crippen LogP contribution in [0.4, 0.5) is 5.69 Å². The molecule has 5 heteroatoms. The van der Waals surface area contributed by atoms with Gasteiger partial charge in [0.25, 0.3) is 0 Å². The lowest BCUT2D eigenvalue weighted by atomic mass is 10.2. The zero-order valence-corrected chi connectivity index (χ0v) is 11.1. The molecule has 1 saturated heterocycles. The number of phenolic OH excluding ortho intramolecular Hbond substituents is 1. The molecule has 2 rings (SSSR count). The second-order valence-electron chi connectivity index (χ2n) is 4.66. The summed E-state index contributed by atoms with van der Waals surface area (Å²) in [6, 6.07) is 7.33. The van der Waals surface area contributed by atoms with E-state index >= 15 is 0 Å². The highest BCUT2D eigenvalue weighted by molar-refractivity contribution is 5.77. The van der Waals surface area contributed by atoms with Crippen molar-refractivity contribution in [1.29, 1.82) is 0 Å². The zero-order chi connectivity index (χ0) is 13.7. The van der Waals surface area contributed by atoms with Crippen molar-refractivity contribution in [2.24, 2.45) is 0 Å². The lowest BCUT2D eigenvalue weighted by molar-refractivity contribution is -0.126. The van der Waals surface area contributed by atoms with Gasteiger partial charge in [-0.05, 0) is 25.5 Å². The predicted octanol–water partition coefficient (Wildman–Crippen LogP) is 1.12. The maximum Gasteiger partial charge on any atom is 0.246 e. The van der Waals surface area contributed by atoms with Gasteiger partial charge in [0.05, 0.1) is 0 Å². The predicted molar refractivity (Wildman–Crippen MR) is 73.4 cm³/mol. The first-order valence-electron chi connectivity index (χ1n) is 6.60. The topological polar surface area (TPSA) is 61.8 Å². The van der Waals surface area contributed by atoms with Crippen LogP contribution in [-0.4, -0.2) is 43.4 Å². The van der Waals surface area contributed by atoms with Crippen molar-refractivity contribution in [2.45, 2.75) is 19.4 Å². The minimum atomic E-state index is -0.0652. The molecule has 0 saturated carbocycles. The van der Waals surface area contributed by atoms with Crippen molar-refractivity contribution in [3.8, 4) is 5.75 Å². The van der Waals surface area contributed by atoms with Gasteiger partial charge in [0.2, 0.25) is 5.91 Å². The van der Waals surface area contributed by atoms with Gasteiger partial charge in [-0.25, -0.2) is 0 Å². The first kappa shape index (κ1) is 13.7. The Labute approximate surface area is 113 Å². The monoisotopic (exact) mass is 264 g/mol. The van der Waals surface area contributed by atoms with E-state index in [0.717, 1.165) is 25.2 Å². The molecule has 5 nitrogen and oxygen atoms in total. The lowest BCUT2D eigenvalue weighted by Gasteiger charge is -2.19. The van der Waals surface area contributed by atoms with Gasteiger partial charge in [-0.3, -0.25) is 4.79 Å². The van der Waals surface area contributed by atoms with Gasteiger partial charge in [0.15, 0.2) is 0 Å². The van der Waals surface area contributed by atoms with Gasteiger partial charge >= 0.3 is 0 Å². The molecule has 1 amide bonds. The van der Waals surface area contributed by atoms with Crippen LogP contribution >= 0.6 is 0 Å². The Bertz CT molecular complexity index is 436. The van der Waals surface area contributed by atoms with Crippen LogP contribution in [0.5, 0.6) is 5.75 Å². The molecule has 0 spiro atoms. The van der Waals surface area contributed by atoms with Crippen LogP contribution in [0.2, 0.25) is 0 Å². The Morgan fingerprint density at radius 2 is 2.42 bits per heavy atom. The minimum Gasteiger partial charge on any atom is -0.508 e. The molecule has 1 atom stereocenters. The Morgan fingerprint density at radius 1 is 1.58 bits per heavy atom. The molecular weight excluding hydrogens is 244 g/mol. The maximum absolute atomic E-state index is 11.6. The minimum absolute atomic E-state index is 0.0652. The standard InChI is InChI=1S/C14H20N2O3/c1-2-19-10-14(18)15-11-6-7-16(9-11)12-4-3-5-13(17)8-12/h3-5,8,11,17H,2,6-7,9-10H2,1H3,(H,15,18). The van der Waals surface area contributed by atoms with Crippen LogP contribution in [-0.2, 0) is 9.53 Å². The van der Waals surface area contributed by atoms with E-state index in [2.05, 4.69) is 10.2 Å². The normalized spacial score (nSPS) is 18.6. The van der Waals surface area contributed by atoms with Crippen molar-refractivity contribution < 1.29 is 14.6 Å². The number of anilines is 1. The number of ether oxygens (including phenoxy) is 1. The fraction of sp³-hybridized carbons (Fsp3) is 0.500. The van der Waals surface area contributed by atoms with Crippen molar-refractivity contribution >= 4 is 11.6 Å². The average molecular weight is 264 g/mol. The van der Waals surface area contributed by atoms with E-state index < -0.39 is 0 Å². The number of rotatable bonds is 5. The molecule has 0 radical (unpaired) electrons. The third kappa shape index (κ3) is 3.86. The van der Waals surface area contributed by atoms with E-state index in [4.69, 9.17) is 4.74 Å². The molecule has 1 unspecified atom stereocenters. The SMILES string of the molecule is CCOCC(=O)NC1CCN(c2cccc(O)c2)C1. The fourth-order valence-electron chi connectivity index (χ4n) is 2.27. The summed E-state index contributed by atoms with van der Waals surface area (Å²) in [4.78, 5) is 13.7. The van der Waals surface area contributed by atoms with Crippen LogP contribution in [0.25, 0.3) is 0 Å². The van der Waals surface area contributed by atoms with Crippen molar-refractivity contribution in [1.82, 2.24) is 5.32 Å². The number of hydrogen-bond acceptors (Lipinski definition) is 4. The van der Waals surface area contributed by atoms with E-state index in [1.54, 1.807) is 12.1 Å². The number of hydrogen-bond donors (Lipinski definition) is 2. The average Bonchev–Trinajstić information content (AvgIpc) is 2.85. The van der Waals surface area contributed by atoms with Crippen molar-refractivity contribution in [3.63, 3.8) is 0 Å². The highest BCUT2D eigenvalue weighted by atomic mass is 16.5. The molecule has 19 heavy (non-hydrogen) atoms. The Morgan fingerprint density at radius 3 is 3.16 bits per heavy atom. The quantitative estimate of drug-likeness (QED) is 0.836. The molecule has 104 valence electrons. The number of benzene rings is 1. The van der Waals surface area contributed by atoms with Crippen LogP contribution in [0.3, 0.4) is 0 Å². The molecule has 2 N–H and O–H groups in total. The smallest absolute Gasteiger partial charge is 0.246 e. The number of phenols is 1. The summed E-state index contributed by atoms with van der Waals surface area (Å²) in [5, 5.41) is 12.4. The third-order valence-corrected chi connectivity index (χ3v) is 3.19. The zero-order valence-electron chi connectivity index (χ0n) is 11.1. The Hall–Kier alpha value is -1.75. The van der Waals surface area contributed by atoms with E-state index in [9.17, 15) is 9.90 Å². The van der Waals surface area contributed by atoms with Gasteiger partial charge in [-0.2, -0.15) is 0 Å². The second-order valence-corrected chi connectivity index (χ2v) is 4.66. The number of nitrogens with one attached hydrogen (secondary N) is 1. The highest BCUT2D eigenvalue weighted by Crippen LogP contribution is 2.23. The van der Waals surface area contributed by atoms with Crippen molar-refractivity contribution in [3.05, 3.63) is 24.3 Å². The Kier molecular flexibility index (Phi) is 4.63. The molecule has 1 aliphatic heterocycles. The number of amides is 1. The van der Waals surface area contributed by atoms with Gasteiger partial charge in [0, 0.05) is 37.5 Å². The summed E-state index contributed by atoms with van der Waals surface area (Å²) >= 11 is 0. The highest BCUT2D eigenvalue weighted by Gasteiger charge is 2.24. The summed E-state index contributed by atoms with van der Waals surface area (Å²) in [7, 11) is 0. The van der Waals surface area contributed by atoms with E-state index in [1.165, 1.54) is 0 Å². The number of carbonyl (C=O) groups excluding carboxylic acids is 1. The van der Waals surface area contributed by atoms with E-state index in [0.29, 0.717) is 6.61 Å². The first-order valence-corrected chi connectivity index (χ1v) is 6.60. The van der Waals surface area contributed by atoms with Gasteiger partial charge in [-0.15, -0.1) is 0 Å². The second kappa shape index (κ2) is 6.43. The molecule has 0 aliphatic carbocycles. The van der Waals surface area contributed by atoms with Crippen LogP contribution in [0, 0.1) is 0 Å². The van der Waals surface area contributed by atoms with Crippen molar-refractivity contribution in [2.75, 3.05) is 31.2 Å². The van der Waals surface area contributed by atoms with Gasteiger partial charge < -0.3 is 20.1 Å². The van der Waals surface area contributed by atoms with E-state index in [1.807, 2.05) is 19.1 Å². The summed E-state index contributed by atoms with van der Waals surface area (Å²) in [5.41, 5.74) is 0.988. The molecule has 1 fully saturated rings. The molecule has 0 bridgehead atoms. The largest absolute Gasteiger partial charge is 0.508 e. The molecular formula is C14H20N2O3. The molecule has 1 aromatic carbocycles. The number of aromatic hydroxyl groups is 1. The van der Waals surface area contributed by atoms with E-state index in [-0.39, 0.29) is 24.3 Å². The van der Waals surface area contributed by atoms with Crippen LogP contribution in [0.1, 0.15) is 13.3 Å².